The first-order valence-corrected chi connectivity index (χ1v) is 7.97. The van der Waals surface area contributed by atoms with E-state index in [0.717, 1.165) is 5.56 Å². The maximum Gasteiger partial charge on any atom is 0.138 e. The lowest BCUT2D eigenvalue weighted by Crippen LogP contribution is -1.86. The number of benzene rings is 2. The number of phenols is 2. The van der Waals surface area contributed by atoms with E-state index in [1.165, 1.54) is 0 Å². The molecule has 0 aliphatic rings. The van der Waals surface area contributed by atoms with E-state index in [-0.39, 0.29) is 11.5 Å². The van der Waals surface area contributed by atoms with Crippen LogP contribution in [-0.4, -0.2) is 16.4 Å². The van der Waals surface area contributed by atoms with Crippen molar-refractivity contribution in [1.29, 1.82) is 0 Å². The lowest BCUT2D eigenvalue weighted by Gasteiger charge is -2.05. The third-order valence-electron chi connectivity index (χ3n) is 2.57. The molecule has 2 aromatic rings. The van der Waals surface area contributed by atoms with Gasteiger partial charge in [-0.25, -0.2) is 0 Å². The average molecular weight is 464 g/mol. The minimum Gasteiger partial charge on any atom is -0.508 e. The second-order valence-corrected chi connectivity index (χ2v) is 6.76. The second kappa shape index (κ2) is 6.28. The van der Waals surface area contributed by atoms with Gasteiger partial charge in [-0.3, -0.25) is 4.99 Å². The smallest absolute Gasteiger partial charge is 0.138 e. The Balaban J connectivity index is 2.45. The second-order valence-electron chi connectivity index (χ2n) is 4.20. The van der Waals surface area contributed by atoms with Gasteiger partial charge in [-0.05, 0) is 84.5 Å². The molecule has 0 saturated carbocycles. The molecular weight excluding hydrogens is 454 g/mol. The molecule has 3 nitrogen and oxygen atoms in total. The summed E-state index contributed by atoms with van der Waals surface area (Å²) >= 11 is 9.99. The first-order valence-electron chi connectivity index (χ1n) is 5.59. The Labute approximate surface area is 141 Å². The van der Waals surface area contributed by atoms with Gasteiger partial charge in [0.25, 0.3) is 0 Å². The van der Waals surface area contributed by atoms with Crippen LogP contribution in [-0.2, 0) is 0 Å². The summed E-state index contributed by atoms with van der Waals surface area (Å²) in [6.45, 7) is 1.94. The van der Waals surface area contributed by atoms with Crippen LogP contribution in [0.25, 0.3) is 0 Å². The van der Waals surface area contributed by atoms with Crippen molar-refractivity contribution in [3.05, 3.63) is 48.8 Å². The lowest BCUT2D eigenvalue weighted by molar-refractivity contribution is 0.471. The fourth-order valence-corrected chi connectivity index (χ4v) is 3.63. The van der Waals surface area contributed by atoms with E-state index in [0.29, 0.717) is 24.7 Å². The summed E-state index contributed by atoms with van der Waals surface area (Å²) < 4.78 is 1.95. The molecule has 2 aromatic carbocycles. The molecule has 0 aromatic heterocycles. The molecule has 0 aliphatic heterocycles. The van der Waals surface area contributed by atoms with Crippen molar-refractivity contribution in [3.8, 4) is 11.5 Å². The van der Waals surface area contributed by atoms with Crippen LogP contribution in [0.1, 0.15) is 11.1 Å². The minimum absolute atomic E-state index is 0.142. The molecule has 0 saturated heterocycles. The van der Waals surface area contributed by atoms with Crippen LogP contribution in [0.5, 0.6) is 11.5 Å². The van der Waals surface area contributed by atoms with Crippen molar-refractivity contribution in [2.75, 3.05) is 0 Å². The number of nitrogens with zero attached hydrogens (tertiary/aromatic N) is 1. The van der Waals surface area contributed by atoms with E-state index < -0.39 is 0 Å². The van der Waals surface area contributed by atoms with E-state index in [1.807, 2.05) is 19.1 Å². The van der Waals surface area contributed by atoms with Gasteiger partial charge in [0.1, 0.15) is 11.5 Å². The molecule has 0 atom stereocenters. The topological polar surface area (TPSA) is 52.8 Å². The van der Waals surface area contributed by atoms with Gasteiger partial charge in [-0.15, -0.1) is 0 Å². The number of phenolic OH excluding ortho intramolecular Hbond substituents is 2. The Morgan fingerprint density at radius 1 is 0.950 bits per heavy atom. The molecule has 0 radical (unpaired) electrons. The van der Waals surface area contributed by atoms with Crippen LogP contribution in [0.2, 0.25) is 0 Å². The lowest BCUT2D eigenvalue weighted by atomic mass is 10.1. The van der Waals surface area contributed by atoms with Gasteiger partial charge in [0, 0.05) is 20.7 Å². The summed E-state index contributed by atoms with van der Waals surface area (Å²) in [5.41, 5.74) is 2.27. The monoisotopic (exact) mass is 461 g/mol. The summed E-state index contributed by atoms with van der Waals surface area (Å²) in [5, 5.41) is 19.4. The van der Waals surface area contributed by atoms with E-state index >= 15 is 0 Å². The Kier molecular flexibility index (Phi) is 4.88. The third kappa shape index (κ3) is 3.42. The van der Waals surface area contributed by atoms with Crippen molar-refractivity contribution in [2.45, 2.75) is 6.92 Å². The van der Waals surface area contributed by atoms with Crippen molar-refractivity contribution in [2.24, 2.45) is 4.99 Å². The van der Waals surface area contributed by atoms with Gasteiger partial charge >= 0.3 is 0 Å². The number of hydrogen-bond donors (Lipinski definition) is 2. The standard InChI is InChI=1S/C14H10Br3NO2/c1-7-2-8(14(20)12(17)3-7)6-18-13-10(15)4-9(19)5-11(13)16/h2-6,19-20H,1H3. The van der Waals surface area contributed by atoms with Gasteiger partial charge in [0.2, 0.25) is 0 Å². The summed E-state index contributed by atoms with van der Waals surface area (Å²) in [6, 6.07) is 6.79. The minimum atomic E-state index is 0.142. The van der Waals surface area contributed by atoms with Crippen LogP contribution in [0.3, 0.4) is 0 Å². The Morgan fingerprint density at radius 3 is 2.15 bits per heavy atom. The SMILES string of the molecule is Cc1cc(Br)c(O)c(C=Nc2c(Br)cc(O)cc2Br)c1. The van der Waals surface area contributed by atoms with Gasteiger partial charge in [-0.2, -0.15) is 0 Å². The molecule has 0 unspecified atom stereocenters. The van der Waals surface area contributed by atoms with Crippen LogP contribution in [0, 0.1) is 6.92 Å². The molecule has 0 amide bonds. The van der Waals surface area contributed by atoms with Crippen LogP contribution < -0.4 is 0 Å². The fraction of sp³-hybridized carbons (Fsp3) is 0.0714. The maximum atomic E-state index is 9.98. The number of aliphatic imine (C=N–C) groups is 1. The molecule has 2 rings (SSSR count). The van der Waals surface area contributed by atoms with Crippen LogP contribution >= 0.6 is 47.8 Å². The molecule has 0 heterocycles. The van der Waals surface area contributed by atoms with E-state index in [9.17, 15) is 10.2 Å². The molecule has 6 heteroatoms. The highest BCUT2D eigenvalue weighted by molar-refractivity contribution is 9.11. The molecule has 2 N–H and O–H groups in total. The highest BCUT2D eigenvalue weighted by Crippen LogP contribution is 2.37. The number of aromatic hydroxyl groups is 2. The zero-order valence-corrected chi connectivity index (χ0v) is 15.1. The average Bonchev–Trinajstić information content (AvgIpc) is 2.33. The third-order valence-corrected chi connectivity index (χ3v) is 4.39. The highest BCUT2D eigenvalue weighted by atomic mass is 79.9. The van der Waals surface area contributed by atoms with E-state index in [2.05, 4.69) is 52.8 Å². The van der Waals surface area contributed by atoms with Gasteiger partial charge in [0.15, 0.2) is 0 Å². The molecule has 0 fully saturated rings. The fourth-order valence-electron chi connectivity index (χ4n) is 1.67. The van der Waals surface area contributed by atoms with Gasteiger partial charge in [-0.1, -0.05) is 0 Å². The van der Waals surface area contributed by atoms with Gasteiger partial charge < -0.3 is 10.2 Å². The molecule has 20 heavy (non-hydrogen) atoms. The van der Waals surface area contributed by atoms with Crippen molar-refractivity contribution < 1.29 is 10.2 Å². The number of rotatable bonds is 2. The quantitative estimate of drug-likeness (QED) is 0.582. The van der Waals surface area contributed by atoms with E-state index in [4.69, 9.17) is 0 Å². The Morgan fingerprint density at radius 2 is 1.55 bits per heavy atom. The molecular formula is C14H10Br3NO2. The number of aryl methyl sites for hydroxylation is 1. The van der Waals surface area contributed by atoms with Crippen molar-refractivity contribution in [3.63, 3.8) is 0 Å². The van der Waals surface area contributed by atoms with Crippen LogP contribution in [0.4, 0.5) is 5.69 Å². The highest BCUT2D eigenvalue weighted by Gasteiger charge is 2.08. The number of hydrogen-bond acceptors (Lipinski definition) is 3. The van der Waals surface area contributed by atoms with Crippen LogP contribution in [0.15, 0.2) is 42.7 Å². The molecule has 0 aliphatic carbocycles. The zero-order chi connectivity index (χ0) is 14.9. The number of halogens is 3. The predicted octanol–water partition coefficient (Wildman–Crippen LogP) is 5.44. The summed E-state index contributed by atoms with van der Waals surface area (Å²) in [7, 11) is 0. The normalized spacial score (nSPS) is 11.2. The Hall–Kier alpha value is -0.850. The van der Waals surface area contributed by atoms with Crippen molar-refractivity contribution >= 4 is 59.7 Å². The Bertz CT molecular complexity index is 676. The molecule has 0 bridgehead atoms. The summed E-state index contributed by atoms with van der Waals surface area (Å²) in [5.74, 6) is 0.286. The largest absolute Gasteiger partial charge is 0.508 e. The predicted molar refractivity (Wildman–Crippen MR) is 91.3 cm³/mol. The molecule has 0 spiro atoms. The first-order chi connectivity index (χ1) is 9.38. The molecule has 104 valence electrons. The summed E-state index contributed by atoms with van der Waals surface area (Å²) in [4.78, 5) is 4.35. The summed E-state index contributed by atoms with van der Waals surface area (Å²) in [6.07, 6.45) is 1.58. The van der Waals surface area contributed by atoms with Crippen molar-refractivity contribution in [1.82, 2.24) is 0 Å². The zero-order valence-electron chi connectivity index (χ0n) is 10.4. The first kappa shape index (κ1) is 15.5. The van der Waals surface area contributed by atoms with Gasteiger partial charge in [0.05, 0.1) is 10.2 Å². The van der Waals surface area contributed by atoms with E-state index in [1.54, 1.807) is 18.3 Å². The maximum absolute atomic E-state index is 9.98.